The van der Waals surface area contributed by atoms with Crippen molar-refractivity contribution >= 4 is 17.7 Å². The van der Waals surface area contributed by atoms with Crippen LogP contribution in [0.15, 0.2) is 53.4 Å². The first kappa shape index (κ1) is 16.6. The third-order valence-electron chi connectivity index (χ3n) is 3.82. The molecule has 2 rings (SSSR count). The van der Waals surface area contributed by atoms with Gasteiger partial charge in [-0.2, -0.15) is 0 Å². The maximum Gasteiger partial charge on any atom is 0.233 e. The Kier molecular flexibility index (Phi) is 5.67. The van der Waals surface area contributed by atoms with Crippen LogP contribution in [0.4, 0.5) is 0 Å². The Bertz CT molecular complexity index is 639. The molecule has 0 aliphatic rings. The van der Waals surface area contributed by atoms with E-state index in [1.807, 2.05) is 44.2 Å². The minimum Gasteiger partial charge on any atom is -0.349 e. The summed E-state index contributed by atoms with van der Waals surface area (Å²) in [6.45, 7) is 8.16. The molecular formula is C19H23NOS. The van der Waals surface area contributed by atoms with E-state index in [0.29, 0.717) is 0 Å². The Hall–Kier alpha value is -1.74. The highest BCUT2D eigenvalue weighted by Gasteiger charge is 2.17. The van der Waals surface area contributed by atoms with Crippen LogP contribution in [0.2, 0.25) is 0 Å². The lowest BCUT2D eigenvalue weighted by atomic mass is 10.1. The second-order valence-corrected chi connectivity index (χ2v) is 7.06. The van der Waals surface area contributed by atoms with Crippen molar-refractivity contribution in [3.05, 3.63) is 65.2 Å². The number of hydrogen-bond acceptors (Lipinski definition) is 2. The number of aryl methyl sites for hydroxylation is 2. The van der Waals surface area contributed by atoms with Gasteiger partial charge in [0.25, 0.3) is 0 Å². The molecule has 2 aromatic carbocycles. The van der Waals surface area contributed by atoms with E-state index >= 15 is 0 Å². The van der Waals surface area contributed by atoms with E-state index in [9.17, 15) is 4.79 Å². The summed E-state index contributed by atoms with van der Waals surface area (Å²) in [6.07, 6.45) is 0. The van der Waals surface area contributed by atoms with Crippen molar-refractivity contribution in [1.82, 2.24) is 5.32 Å². The van der Waals surface area contributed by atoms with Gasteiger partial charge in [0.05, 0.1) is 11.3 Å². The zero-order valence-electron chi connectivity index (χ0n) is 13.6. The van der Waals surface area contributed by atoms with E-state index in [1.165, 1.54) is 11.1 Å². The molecule has 0 spiro atoms. The summed E-state index contributed by atoms with van der Waals surface area (Å²) in [5, 5.41) is 2.97. The zero-order valence-corrected chi connectivity index (χ0v) is 14.4. The van der Waals surface area contributed by atoms with Crippen LogP contribution in [0.3, 0.4) is 0 Å². The fourth-order valence-corrected chi connectivity index (χ4v) is 3.18. The van der Waals surface area contributed by atoms with Crippen molar-refractivity contribution in [1.29, 1.82) is 0 Å². The first-order chi connectivity index (χ1) is 10.5. The predicted octanol–water partition coefficient (Wildman–Crippen LogP) is 4.66. The Morgan fingerprint density at radius 3 is 2.32 bits per heavy atom. The SMILES string of the molecule is Cc1ccc(SC(C)C(=O)NC(C)c2ccccc2)cc1C. The third kappa shape index (κ3) is 4.38. The van der Waals surface area contributed by atoms with Gasteiger partial charge in [-0.3, -0.25) is 4.79 Å². The summed E-state index contributed by atoms with van der Waals surface area (Å²) in [7, 11) is 0. The molecule has 0 aromatic heterocycles. The van der Waals surface area contributed by atoms with Crippen molar-refractivity contribution < 1.29 is 4.79 Å². The van der Waals surface area contributed by atoms with Crippen LogP contribution < -0.4 is 5.32 Å². The quantitative estimate of drug-likeness (QED) is 0.813. The number of thioether (sulfide) groups is 1. The molecule has 0 heterocycles. The molecule has 0 saturated heterocycles. The lowest BCUT2D eigenvalue weighted by Gasteiger charge is -2.18. The molecule has 1 N–H and O–H groups in total. The highest BCUT2D eigenvalue weighted by Crippen LogP contribution is 2.26. The average molecular weight is 313 g/mol. The smallest absolute Gasteiger partial charge is 0.233 e. The van der Waals surface area contributed by atoms with E-state index in [-0.39, 0.29) is 17.2 Å². The van der Waals surface area contributed by atoms with Crippen LogP contribution in [0.25, 0.3) is 0 Å². The van der Waals surface area contributed by atoms with Crippen molar-refractivity contribution in [3.63, 3.8) is 0 Å². The third-order valence-corrected chi connectivity index (χ3v) is 4.91. The fourth-order valence-electron chi connectivity index (χ4n) is 2.20. The molecule has 22 heavy (non-hydrogen) atoms. The van der Waals surface area contributed by atoms with Crippen LogP contribution >= 0.6 is 11.8 Å². The lowest BCUT2D eigenvalue weighted by molar-refractivity contribution is -0.120. The topological polar surface area (TPSA) is 29.1 Å². The molecule has 0 bridgehead atoms. The number of hydrogen-bond donors (Lipinski definition) is 1. The second kappa shape index (κ2) is 7.50. The molecule has 0 aliphatic heterocycles. The molecule has 0 saturated carbocycles. The molecule has 2 atom stereocenters. The van der Waals surface area contributed by atoms with Gasteiger partial charge >= 0.3 is 0 Å². The second-order valence-electron chi connectivity index (χ2n) is 5.65. The number of carbonyl (C=O) groups is 1. The number of amides is 1. The van der Waals surface area contributed by atoms with Gasteiger partial charge < -0.3 is 5.32 Å². The number of rotatable bonds is 5. The molecular weight excluding hydrogens is 290 g/mol. The van der Waals surface area contributed by atoms with Gasteiger partial charge in [-0.25, -0.2) is 0 Å². The Morgan fingerprint density at radius 1 is 1.00 bits per heavy atom. The minimum atomic E-state index is -0.117. The summed E-state index contributed by atoms with van der Waals surface area (Å²) in [6, 6.07) is 16.4. The van der Waals surface area contributed by atoms with Gasteiger partial charge in [0.15, 0.2) is 0 Å². The largest absolute Gasteiger partial charge is 0.349 e. The molecule has 0 aliphatic carbocycles. The molecule has 2 nitrogen and oxygen atoms in total. The zero-order chi connectivity index (χ0) is 16.1. The fraction of sp³-hybridized carbons (Fsp3) is 0.316. The summed E-state index contributed by atoms with van der Waals surface area (Å²) >= 11 is 1.60. The molecule has 2 aromatic rings. The van der Waals surface area contributed by atoms with Crippen LogP contribution in [-0.2, 0) is 4.79 Å². The Balaban J connectivity index is 1.95. The van der Waals surface area contributed by atoms with Crippen molar-refractivity contribution in [2.45, 2.75) is 43.9 Å². The normalized spacial score (nSPS) is 13.5. The lowest BCUT2D eigenvalue weighted by Crippen LogP contribution is -2.33. The molecule has 3 heteroatoms. The maximum absolute atomic E-state index is 12.4. The summed E-state index contributed by atoms with van der Waals surface area (Å²) in [4.78, 5) is 13.5. The van der Waals surface area contributed by atoms with E-state index in [1.54, 1.807) is 11.8 Å². The maximum atomic E-state index is 12.4. The first-order valence-corrected chi connectivity index (χ1v) is 8.44. The first-order valence-electron chi connectivity index (χ1n) is 7.56. The monoisotopic (exact) mass is 313 g/mol. The van der Waals surface area contributed by atoms with Crippen LogP contribution in [-0.4, -0.2) is 11.2 Å². The van der Waals surface area contributed by atoms with E-state index in [2.05, 4.69) is 37.4 Å². The van der Waals surface area contributed by atoms with Crippen molar-refractivity contribution in [2.24, 2.45) is 0 Å². The van der Waals surface area contributed by atoms with Gasteiger partial charge in [-0.1, -0.05) is 36.4 Å². The van der Waals surface area contributed by atoms with E-state index in [4.69, 9.17) is 0 Å². The van der Waals surface area contributed by atoms with Gasteiger partial charge in [-0.05, 0) is 56.5 Å². The van der Waals surface area contributed by atoms with Crippen molar-refractivity contribution in [3.8, 4) is 0 Å². The highest BCUT2D eigenvalue weighted by atomic mass is 32.2. The van der Waals surface area contributed by atoms with Crippen LogP contribution in [0.5, 0.6) is 0 Å². The van der Waals surface area contributed by atoms with E-state index in [0.717, 1.165) is 10.5 Å². The molecule has 116 valence electrons. The number of nitrogens with one attached hydrogen (secondary N) is 1. The van der Waals surface area contributed by atoms with Crippen molar-refractivity contribution in [2.75, 3.05) is 0 Å². The van der Waals surface area contributed by atoms with Gasteiger partial charge in [0, 0.05) is 4.90 Å². The standard InChI is InChI=1S/C19H23NOS/c1-13-10-11-18(12-14(13)2)22-16(4)19(21)20-15(3)17-8-6-5-7-9-17/h5-12,15-16H,1-4H3,(H,20,21). The van der Waals surface area contributed by atoms with Crippen LogP contribution in [0, 0.1) is 13.8 Å². The van der Waals surface area contributed by atoms with Crippen LogP contribution in [0.1, 0.15) is 36.6 Å². The predicted molar refractivity (Wildman–Crippen MR) is 94.2 cm³/mol. The van der Waals surface area contributed by atoms with Gasteiger partial charge in [0.1, 0.15) is 0 Å². The number of benzene rings is 2. The number of carbonyl (C=O) groups excluding carboxylic acids is 1. The summed E-state index contributed by atoms with van der Waals surface area (Å²) in [5.41, 5.74) is 3.66. The summed E-state index contributed by atoms with van der Waals surface area (Å²) < 4.78 is 0. The molecule has 0 fully saturated rings. The summed E-state index contributed by atoms with van der Waals surface area (Å²) in [5.74, 6) is 0.0691. The Morgan fingerprint density at radius 2 is 1.68 bits per heavy atom. The van der Waals surface area contributed by atoms with Gasteiger partial charge in [0.2, 0.25) is 5.91 Å². The molecule has 0 radical (unpaired) electrons. The highest BCUT2D eigenvalue weighted by molar-refractivity contribution is 8.00. The molecule has 1 amide bonds. The minimum absolute atomic E-state index is 0.0245. The van der Waals surface area contributed by atoms with Gasteiger partial charge in [-0.15, -0.1) is 11.8 Å². The Labute approximate surface area is 137 Å². The van der Waals surface area contributed by atoms with E-state index < -0.39 is 0 Å². The average Bonchev–Trinajstić information content (AvgIpc) is 2.51. The molecule has 2 unspecified atom stereocenters.